The summed E-state index contributed by atoms with van der Waals surface area (Å²) >= 11 is 1.44. The van der Waals surface area contributed by atoms with Crippen LogP contribution in [0.2, 0.25) is 0 Å². The number of hydrogen-bond acceptors (Lipinski definition) is 4. The highest BCUT2D eigenvalue weighted by Gasteiger charge is 2.22. The van der Waals surface area contributed by atoms with Crippen molar-refractivity contribution < 1.29 is 4.79 Å². The van der Waals surface area contributed by atoms with Crippen molar-refractivity contribution in [2.45, 2.75) is 43.2 Å². The molecule has 1 heterocycles. The Balaban J connectivity index is 1.40. The zero-order chi connectivity index (χ0) is 18.6. The van der Waals surface area contributed by atoms with E-state index in [4.69, 9.17) is 0 Å². The monoisotopic (exact) mass is 380 g/mol. The number of anilines is 1. The highest BCUT2D eigenvalue weighted by atomic mass is 32.2. The van der Waals surface area contributed by atoms with Crippen LogP contribution >= 0.6 is 11.8 Å². The van der Waals surface area contributed by atoms with E-state index in [9.17, 15) is 4.79 Å². The Morgan fingerprint density at radius 3 is 2.74 bits per heavy atom. The van der Waals surface area contributed by atoms with Gasteiger partial charge < -0.3 is 9.88 Å². The molecular weight excluding hydrogens is 356 g/mol. The molecular formula is C21H24N4OS. The summed E-state index contributed by atoms with van der Waals surface area (Å²) < 4.78 is 2.06. The van der Waals surface area contributed by atoms with E-state index in [1.165, 1.54) is 43.9 Å². The molecule has 1 saturated carbocycles. The van der Waals surface area contributed by atoms with Gasteiger partial charge in [-0.25, -0.2) is 0 Å². The summed E-state index contributed by atoms with van der Waals surface area (Å²) in [6, 6.07) is 14.0. The van der Waals surface area contributed by atoms with Crippen LogP contribution in [0.25, 0.3) is 10.8 Å². The minimum atomic E-state index is -0.0291. The van der Waals surface area contributed by atoms with Crippen molar-refractivity contribution in [2.75, 3.05) is 11.1 Å². The first-order chi connectivity index (χ1) is 13.2. The van der Waals surface area contributed by atoms with Crippen molar-refractivity contribution in [1.82, 2.24) is 14.8 Å². The van der Waals surface area contributed by atoms with Crippen LogP contribution in [0.3, 0.4) is 0 Å². The molecule has 6 heteroatoms. The molecule has 0 radical (unpaired) electrons. The van der Waals surface area contributed by atoms with Gasteiger partial charge in [-0.3, -0.25) is 4.79 Å². The van der Waals surface area contributed by atoms with Crippen LogP contribution in [-0.2, 0) is 11.8 Å². The summed E-state index contributed by atoms with van der Waals surface area (Å²) in [5.41, 5.74) is 0.847. The van der Waals surface area contributed by atoms with Gasteiger partial charge in [0.15, 0.2) is 5.16 Å². The van der Waals surface area contributed by atoms with Gasteiger partial charge in [0.1, 0.15) is 5.82 Å². The second kappa shape index (κ2) is 8.13. The quantitative estimate of drug-likeness (QED) is 0.649. The average Bonchev–Trinajstić information content (AvgIpc) is 3.08. The third kappa shape index (κ3) is 4.00. The molecule has 5 nitrogen and oxygen atoms in total. The van der Waals surface area contributed by atoms with Gasteiger partial charge >= 0.3 is 0 Å². The van der Waals surface area contributed by atoms with Gasteiger partial charge in [-0.15, -0.1) is 10.2 Å². The molecule has 1 amide bonds. The molecule has 0 aliphatic heterocycles. The third-order valence-electron chi connectivity index (χ3n) is 5.23. The maximum atomic E-state index is 12.5. The number of nitrogens with zero attached hydrogens (tertiary/aromatic N) is 3. The van der Waals surface area contributed by atoms with Crippen LogP contribution in [0.5, 0.6) is 0 Å². The first-order valence-electron chi connectivity index (χ1n) is 9.52. The topological polar surface area (TPSA) is 59.8 Å². The number of nitrogens with one attached hydrogen (secondary N) is 1. The number of benzene rings is 2. The molecule has 2 aromatic carbocycles. The zero-order valence-electron chi connectivity index (χ0n) is 15.5. The maximum Gasteiger partial charge on any atom is 0.234 e. The van der Waals surface area contributed by atoms with Gasteiger partial charge in [0.25, 0.3) is 0 Å². The predicted octanol–water partition coefficient (Wildman–Crippen LogP) is 4.75. The van der Waals surface area contributed by atoms with Crippen molar-refractivity contribution in [1.29, 1.82) is 0 Å². The molecule has 0 spiro atoms. The lowest BCUT2D eigenvalue weighted by molar-refractivity contribution is -0.113. The number of thioether (sulfide) groups is 1. The molecule has 0 unspecified atom stereocenters. The molecule has 1 aromatic heterocycles. The van der Waals surface area contributed by atoms with E-state index in [-0.39, 0.29) is 5.91 Å². The van der Waals surface area contributed by atoms with E-state index < -0.39 is 0 Å². The number of hydrogen-bond donors (Lipinski definition) is 1. The largest absolute Gasteiger partial charge is 0.325 e. The molecule has 1 N–H and O–H groups in total. The van der Waals surface area contributed by atoms with Gasteiger partial charge in [0, 0.05) is 24.0 Å². The molecule has 0 saturated heterocycles. The normalized spacial score (nSPS) is 15.1. The molecule has 3 aromatic rings. The molecule has 1 aliphatic rings. The summed E-state index contributed by atoms with van der Waals surface area (Å²) in [7, 11) is 2.01. The van der Waals surface area contributed by atoms with E-state index in [1.807, 2.05) is 49.5 Å². The summed E-state index contributed by atoms with van der Waals surface area (Å²) in [6.45, 7) is 0. The van der Waals surface area contributed by atoms with E-state index in [0.29, 0.717) is 11.7 Å². The van der Waals surface area contributed by atoms with Crippen LogP contribution in [0.15, 0.2) is 47.6 Å². The van der Waals surface area contributed by atoms with Gasteiger partial charge in [0.05, 0.1) is 5.75 Å². The first kappa shape index (κ1) is 18.0. The number of fused-ring (bicyclic) bond motifs is 1. The molecule has 4 rings (SSSR count). The summed E-state index contributed by atoms with van der Waals surface area (Å²) in [6.07, 6.45) is 6.25. The SMILES string of the molecule is Cn1c(SCC(=O)Nc2cccc3ccccc23)nnc1C1CCCCC1. The molecule has 0 bridgehead atoms. The standard InChI is InChI=1S/C21H24N4OS/c1-25-20(16-9-3-2-4-10-16)23-24-21(25)27-14-19(26)22-18-13-7-11-15-8-5-6-12-17(15)18/h5-8,11-13,16H,2-4,9-10,14H2,1H3,(H,22,26). The molecule has 27 heavy (non-hydrogen) atoms. The lowest BCUT2D eigenvalue weighted by Crippen LogP contribution is -2.15. The fourth-order valence-electron chi connectivity index (χ4n) is 3.82. The van der Waals surface area contributed by atoms with E-state index in [1.54, 1.807) is 0 Å². The number of aromatic nitrogens is 3. The number of carbonyl (C=O) groups is 1. The lowest BCUT2D eigenvalue weighted by Gasteiger charge is -2.20. The Morgan fingerprint density at radius 1 is 1.11 bits per heavy atom. The van der Waals surface area contributed by atoms with Crippen LogP contribution < -0.4 is 5.32 Å². The van der Waals surface area contributed by atoms with Crippen molar-refractivity contribution in [3.8, 4) is 0 Å². The second-order valence-electron chi connectivity index (χ2n) is 7.10. The van der Waals surface area contributed by atoms with Crippen LogP contribution in [0, 0.1) is 0 Å². The molecule has 1 aliphatic carbocycles. The Labute approximate surface area is 163 Å². The van der Waals surface area contributed by atoms with E-state index in [2.05, 4.69) is 20.1 Å². The summed E-state index contributed by atoms with van der Waals surface area (Å²) in [5.74, 6) is 1.86. The van der Waals surface area contributed by atoms with Gasteiger partial charge in [-0.2, -0.15) is 0 Å². The predicted molar refractivity (Wildman–Crippen MR) is 110 cm³/mol. The summed E-state index contributed by atoms with van der Waals surface area (Å²) in [5, 5.41) is 14.7. The number of rotatable bonds is 5. The fourth-order valence-corrected chi connectivity index (χ4v) is 4.54. The fraction of sp³-hybridized carbons (Fsp3) is 0.381. The van der Waals surface area contributed by atoms with Crippen molar-refractivity contribution in [3.63, 3.8) is 0 Å². The Hall–Kier alpha value is -2.34. The van der Waals surface area contributed by atoms with Gasteiger partial charge in [-0.05, 0) is 24.3 Å². The first-order valence-corrected chi connectivity index (χ1v) is 10.5. The van der Waals surface area contributed by atoms with Gasteiger partial charge in [0.2, 0.25) is 5.91 Å². The van der Waals surface area contributed by atoms with Gasteiger partial charge in [-0.1, -0.05) is 67.4 Å². The minimum absolute atomic E-state index is 0.0291. The third-order valence-corrected chi connectivity index (χ3v) is 6.26. The van der Waals surface area contributed by atoms with E-state index >= 15 is 0 Å². The molecule has 0 atom stereocenters. The second-order valence-corrected chi connectivity index (χ2v) is 8.04. The highest BCUT2D eigenvalue weighted by Crippen LogP contribution is 2.32. The lowest BCUT2D eigenvalue weighted by atomic mass is 9.89. The minimum Gasteiger partial charge on any atom is -0.325 e. The summed E-state index contributed by atoms with van der Waals surface area (Å²) in [4.78, 5) is 12.5. The number of carbonyl (C=O) groups excluding carboxylic acids is 1. The molecule has 140 valence electrons. The van der Waals surface area contributed by atoms with Crippen LogP contribution in [-0.4, -0.2) is 26.4 Å². The maximum absolute atomic E-state index is 12.5. The van der Waals surface area contributed by atoms with Crippen molar-refractivity contribution >= 4 is 34.1 Å². The highest BCUT2D eigenvalue weighted by molar-refractivity contribution is 7.99. The van der Waals surface area contributed by atoms with Crippen molar-refractivity contribution in [2.24, 2.45) is 7.05 Å². The Bertz CT molecular complexity index is 941. The zero-order valence-corrected chi connectivity index (χ0v) is 16.3. The smallest absolute Gasteiger partial charge is 0.234 e. The van der Waals surface area contributed by atoms with Crippen LogP contribution in [0.4, 0.5) is 5.69 Å². The molecule has 1 fully saturated rings. The van der Waals surface area contributed by atoms with Crippen LogP contribution in [0.1, 0.15) is 43.8 Å². The van der Waals surface area contributed by atoms with Crippen molar-refractivity contribution in [3.05, 3.63) is 48.3 Å². The Kier molecular flexibility index (Phi) is 5.43. The average molecular weight is 381 g/mol. The Morgan fingerprint density at radius 2 is 1.89 bits per heavy atom. The van der Waals surface area contributed by atoms with E-state index in [0.717, 1.165) is 27.4 Å². The number of amides is 1.